The fraction of sp³-hybridized carbons (Fsp3) is 0.200. The van der Waals surface area contributed by atoms with Gasteiger partial charge in [0.2, 0.25) is 0 Å². The minimum absolute atomic E-state index is 0.0863. The Hall–Kier alpha value is -2.44. The molecule has 0 aliphatic carbocycles. The van der Waals surface area contributed by atoms with Gasteiger partial charge in [0.1, 0.15) is 5.56 Å². The predicted octanol–water partition coefficient (Wildman–Crippen LogP) is -0.277. The number of carbonyl (C=O) groups is 1. The first-order chi connectivity index (χ1) is 8.09. The van der Waals surface area contributed by atoms with Gasteiger partial charge in [0.25, 0.3) is 5.56 Å². The van der Waals surface area contributed by atoms with Crippen molar-refractivity contribution in [2.75, 3.05) is 0 Å². The van der Waals surface area contributed by atoms with Crippen molar-refractivity contribution in [1.82, 2.24) is 19.3 Å². The zero-order valence-electron chi connectivity index (χ0n) is 9.07. The van der Waals surface area contributed by atoms with Gasteiger partial charge < -0.3 is 5.11 Å². The van der Waals surface area contributed by atoms with Crippen molar-refractivity contribution in [3.05, 3.63) is 46.4 Å². The van der Waals surface area contributed by atoms with Gasteiger partial charge in [-0.2, -0.15) is 5.10 Å². The quantitative estimate of drug-likeness (QED) is 0.789. The van der Waals surface area contributed by atoms with E-state index in [0.29, 0.717) is 5.69 Å². The lowest BCUT2D eigenvalue weighted by Crippen LogP contribution is -2.21. The molecule has 0 spiro atoms. The molecule has 0 amide bonds. The summed E-state index contributed by atoms with van der Waals surface area (Å²) in [6, 6.07) is 1.32. The summed E-state index contributed by atoms with van der Waals surface area (Å²) in [5.74, 6) is -1.06. The SMILES string of the molecule is Cn1ncc(C(=O)O)c1Cn1cnccc1=O. The van der Waals surface area contributed by atoms with E-state index in [1.54, 1.807) is 7.05 Å². The van der Waals surface area contributed by atoms with Crippen molar-refractivity contribution >= 4 is 5.97 Å². The van der Waals surface area contributed by atoms with Gasteiger partial charge >= 0.3 is 5.97 Å². The van der Waals surface area contributed by atoms with Gasteiger partial charge in [-0.3, -0.25) is 14.0 Å². The zero-order valence-corrected chi connectivity index (χ0v) is 9.07. The Balaban J connectivity index is 2.43. The third kappa shape index (κ3) is 2.07. The molecule has 7 nitrogen and oxygen atoms in total. The summed E-state index contributed by atoms with van der Waals surface area (Å²) in [6.45, 7) is 0.130. The molecule has 0 atom stereocenters. The topological polar surface area (TPSA) is 90.0 Å². The van der Waals surface area contributed by atoms with Gasteiger partial charge in [0.15, 0.2) is 0 Å². The lowest BCUT2D eigenvalue weighted by molar-refractivity contribution is 0.0695. The summed E-state index contributed by atoms with van der Waals surface area (Å²) in [6.07, 6.45) is 4.01. The largest absolute Gasteiger partial charge is 0.478 e. The first kappa shape index (κ1) is 11.1. The Kier molecular flexibility index (Phi) is 2.73. The maximum absolute atomic E-state index is 11.5. The van der Waals surface area contributed by atoms with Gasteiger partial charge in [-0.15, -0.1) is 0 Å². The van der Waals surface area contributed by atoms with E-state index in [1.807, 2.05) is 0 Å². The molecular weight excluding hydrogens is 224 g/mol. The third-order valence-electron chi connectivity index (χ3n) is 2.40. The highest BCUT2D eigenvalue weighted by Crippen LogP contribution is 2.08. The molecule has 2 heterocycles. The van der Waals surface area contributed by atoms with Crippen LogP contribution < -0.4 is 5.56 Å². The van der Waals surface area contributed by atoms with Crippen LogP contribution >= 0.6 is 0 Å². The minimum atomic E-state index is -1.06. The van der Waals surface area contributed by atoms with Crippen LogP contribution in [0.4, 0.5) is 0 Å². The average Bonchev–Trinajstić information content (AvgIpc) is 2.64. The first-order valence-electron chi connectivity index (χ1n) is 4.84. The number of aromatic nitrogens is 4. The van der Waals surface area contributed by atoms with Crippen LogP contribution in [0, 0.1) is 0 Å². The second-order valence-corrected chi connectivity index (χ2v) is 3.48. The second-order valence-electron chi connectivity index (χ2n) is 3.48. The Bertz CT molecular complexity index is 614. The monoisotopic (exact) mass is 234 g/mol. The Morgan fingerprint density at radius 1 is 1.53 bits per heavy atom. The average molecular weight is 234 g/mol. The number of carboxylic acids is 1. The molecule has 0 aliphatic rings. The van der Waals surface area contributed by atoms with E-state index in [2.05, 4.69) is 10.1 Å². The summed E-state index contributed by atoms with van der Waals surface area (Å²) in [5, 5.41) is 12.8. The smallest absolute Gasteiger partial charge is 0.339 e. The van der Waals surface area contributed by atoms with Crippen LogP contribution in [-0.4, -0.2) is 30.4 Å². The highest BCUT2D eigenvalue weighted by atomic mass is 16.4. The van der Waals surface area contributed by atoms with E-state index in [-0.39, 0.29) is 17.7 Å². The van der Waals surface area contributed by atoms with Crippen LogP contribution in [0.3, 0.4) is 0 Å². The summed E-state index contributed by atoms with van der Waals surface area (Å²) in [7, 11) is 1.63. The standard InChI is InChI=1S/C10H10N4O3/c1-13-8(7(4-12-13)10(16)17)5-14-6-11-3-2-9(14)15/h2-4,6H,5H2,1H3,(H,16,17). The van der Waals surface area contributed by atoms with Crippen molar-refractivity contribution in [2.24, 2.45) is 7.05 Å². The van der Waals surface area contributed by atoms with E-state index >= 15 is 0 Å². The minimum Gasteiger partial charge on any atom is -0.478 e. The molecule has 0 unspecified atom stereocenters. The molecule has 0 aliphatic heterocycles. The summed E-state index contributed by atoms with van der Waals surface area (Å²) >= 11 is 0. The van der Waals surface area contributed by atoms with Gasteiger partial charge in [0, 0.05) is 19.3 Å². The fourth-order valence-corrected chi connectivity index (χ4v) is 1.49. The molecule has 0 saturated heterocycles. The summed E-state index contributed by atoms with van der Waals surface area (Å²) in [4.78, 5) is 26.3. The van der Waals surface area contributed by atoms with E-state index in [1.165, 1.54) is 34.0 Å². The van der Waals surface area contributed by atoms with E-state index in [0.717, 1.165) is 0 Å². The lowest BCUT2D eigenvalue weighted by atomic mass is 10.2. The molecule has 88 valence electrons. The number of rotatable bonds is 3. The van der Waals surface area contributed by atoms with Crippen molar-refractivity contribution in [3.63, 3.8) is 0 Å². The molecule has 0 bridgehead atoms. The van der Waals surface area contributed by atoms with Crippen LogP contribution in [0.2, 0.25) is 0 Å². The number of aromatic carboxylic acids is 1. The van der Waals surface area contributed by atoms with Gasteiger partial charge in [-0.1, -0.05) is 0 Å². The number of nitrogens with zero attached hydrogens (tertiary/aromatic N) is 4. The first-order valence-corrected chi connectivity index (χ1v) is 4.84. The number of hydrogen-bond donors (Lipinski definition) is 1. The van der Waals surface area contributed by atoms with Gasteiger partial charge in [0.05, 0.1) is 24.8 Å². The molecule has 7 heteroatoms. The maximum Gasteiger partial charge on any atom is 0.339 e. The second kappa shape index (κ2) is 4.20. The van der Waals surface area contributed by atoms with Crippen LogP contribution in [0.5, 0.6) is 0 Å². The predicted molar refractivity (Wildman–Crippen MR) is 57.8 cm³/mol. The third-order valence-corrected chi connectivity index (χ3v) is 2.40. The Labute approximate surface area is 96.0 Å². The number of hydrogen-bond acceptors (Lipinski definition) is 4. The van der Waals surface area contributed by atoms with E-state index in [4.69, 9.17) is 5.11 Å². The van der Waals surface area contributed by atoms with Crippen molar-refractivity contribution < 1.29 is 9.90 Å². The zero-order chi connectivity index (χ0) is 12.4. The molecular formula is C10H10N4O3. The normalized spacial score (nSPS) is 10.4. The molecule has 0 aromatic carbocycles. The van der Waals surface area contributed by atoms with Crippen molar-refractivity contribution in [1.29, 1.82) is 0 Å². The number of carboxylic acid groups (broad SMARTS) is 1. The van der Waals surface area contributed by atoms with Crippen molar-refractivity contribution in [2.45, 2.75) is 6.54 Å². The lowest BCUT2D eigenvalue weighted by Gasteiger charge is -2.06. The molecule has 2 aromatic heterocycles. The molecule has 0 fully saturated rings. The van der Waals surface area contributed by atoms with Crippen molar-refractivity contribution in [3.8, 4) is 0 Å². The highest BCUT2D eigenvalue weighted by Gasteiger charge is 2.15. The van der Waals surface area contributed by atoms with Crippen LogP contribution in [0.1, 0.15) is 16.1 Å². The van der Waals surface area contributed by atoms with E-state index < -0.39 is 5.97 Å². The molecule has 17 heavy (non-hydrogen) atoms. The summed E-state index contributed by atoms with van der Waals surface area (Å²) in [5.41, 5.74) is 0.299. The van der Waals surface area contributed by atoms with Crippen LogP contribution in [0.25, 0.3) is 0 Å². The van der Waals surface area contributed by atoms with E-state index in [9.17, 15) is 9.59 Å². The molecule has 1 N–H and O–H groups in total. The highest BCUT2D eigenvalue weighted by molar-refractivity contribution is 5.88. The molecule has 0 saturated carbocycles. The fourth-order valence-electron chi connectivity index (χ4n) is 1.49. The van der Waals surface area contributed by atoms with Gasteiger partial charge in [-0.25, -0.2) is 9.78 Å². The molecule has 0 radical (unpaired) electrons. The maximum atomic E-state index is 11.5. The van der Waals surface area contributed by atoms with Crippen LogP contribution in [0.15, 0.2) is 29.6 Å². The summed E-state index contributed by atoms with van der Waals surface area (Å²) < 4.78 is 2.76. The Morgan fingerprint density at radius 2 is 2.29 bits per heavy atom. The van der Waals surface area contributed by atoms with Gasteiger partial charge in [-0.05, 0) is 0 Å². The molecule has 2 aromatic rings. The van der Waals surface area contributed by atoms with Crippen LogP contribution in [-0.2, 0) is 13.6 Å². The Morgan fingerprint density at radius 3 is 2.94 bits per heavy atom. The molecule has 2 rings (SSSR count). The number of aryl methyl sites for hydroxylation is 1.